The fraction of sp³-hybridized carbons (Fsp3) is 1.00. The highest BCUT2D eigenvalue weighted by molar-refractivity contribution is 4.89. The minimum absolute atomic E-state index is 0.432. The van der Waals surface area contributed by atoms with E-state index >= 15 is 0 Å². The number of nitrogens with one attached hydrogen (secondary N) is 1. The molecule has 0 saturated heterocycles. The summed E-state index contributed by atoms with van der Waals surface area (Å²) in [4.78, 5) is 0. The van der Waals surface area contributed by atoms with Crippen LogP contribution in [0.4, 0.5) is 0 Å². The third-order valence-electron chi connectivity index (χ3n) is 3.69. The van der Waals surface area contributed by atoms with Gasteiger partial charge in [-0.3, -0.25) is 0 Å². The van der Waals surface area contributed by atoms with E-state index in [2.05, 4.69) is 33.0 Å². The summed E-state index contributed by atoms with van der Waals surface area (Å²) >= 11 is 0. The normalized spacial score (nSPS) is 35.6. The predicted octanol–water partition coefficient (Wildman–Crippen LogP) is 3.73. The van der Waals surface area contributed by atoms with Crippen LogP contribution >= 0.6 is 0 Å². The minimum Gasteiger partial charge on any atom is -0.309 e. The second-order valence-corrected chi connectivity index (χ2v) is 5.58. The summed E-state index contributed by atoms with van der Waals surface area (Å²) in [5.41, 5.74) is 0.432. The lowest BCUT2D eigenvalue weighted by molar-refractivity contribution is 0.195. The average molecular weight is 197 g/mol. The molecule has 1 atom stereocenters. The van der Waals surface area contributed by atoms with E-state index < -0.39 is 0 Å². The van der Waals surface area contributed by atoms with Crippen molar-refractivity contribution in [3.05, 3.63) is 0 Å². The molecule has 0 aromatic carbocycles. The van der Waals surface area contributed by atoms with Crippen molar-refractivity contribution in [2.45, 2.75) is 77.8 Å². The smallest absolute Gasteiger partial charge is 0.0156 e. The van der Waals surface area contributed by atoms with Crippen LogP contribution in [-0.2, 0) is 0 Å². The maximum Gasteiger partial charge on any atom is 0.0156 e. The van der Waals surface area contributed by atoms with E-state index in [1.54, 1.807) is 0 Å². The van der Waals surface area contributed by atoms with E-state index in [0.717, 1.165) is 5.92 Å². The van der Waals surface area contributed by atoms with Crippen molar-refractivity contribution in [3.8, 4) is 0 Å². The first-order chi connectivity index (χ1) is 6.56. The highest BCUT2D eigenvalue weighted by Crippen LogP contribution is 2.31. The molecule has 14 heavy (non-hydrogen) atoms. The number of hydrogen-bond donors (Lipinski definition) is 1. The molecule has 1 unspecified atom stereocenters. The fourth-order valence-corrected chi connectivity index (χ4v) is 2.64. The zero-order valence-corrected chi connectivity index (χ0v) is 10.4. The van der Waals surface area contributed by atoms with Gasteiger partial charge in [-0.1, -0.05) is 20.3 Å². The van der Waals surface area contributed by atoms with Gasteiger partial charge in [-0.2, -0.15) is 0 Å². The molecule has 1 saturated carbocycles. The Labute approximate surface area is 89.7 Å². The molecule has 0 aromatic heterocycles. The first-order valence-corrected chi connectivity index (χ1v) is 6.33. The van der Waals surface area contributed by atoms with Crippen LogP contribution in [-0.4, -0.2) is 11.6 Å². The molecular weight excluding hydrogens is 170 g/mol. The zero-order chi connectivity index (χ0) is 10.6. The highest BCUT2D eigenvalue weighted by atomic mass is 15.0. The van der Waals surface area contributed by atoms with Crippen LogP contribution in [0.3, 0.4) is 0 Å². The Balaban J connectivity index is 2.34. The molecule has 1 heteroatoms. The van der Waals surface area contributed by atoms with Crippen LogP contribution in [0.1, 0.15) is 66.2 Å². The summed E-state index contributed by atoms with van der Waals surface area (Å²) in [6.07, 6.45) is 8.14. The molecule has 84 valence electrons. The number of hydrogen-bond acceptors (Lipinski definition) is 1. The van der Waals surface area contributed by atoms with Gasteiger partial charge in [0.25, 0.3) is 0 Å². The summed E-state index contributed by atoms with van der Waals surface area (Å²) < 4.78 is 0. The average Bonchev–Trinajstić information content (AvgIpc) is 2.11. The van der Waals surface area contributed by atoms with E-state index in [0.29, 0.717) is 11.6 Å². The summed E-state index contributed by atoms with van der Waals surface area (Å²) in [7, 11) is 0. The molecule has 1 N–H and O–H groups in total. The maximum absolute atomic E-state index is 3.82. The van der Waals surface area contributed by atoms with Gasteiger partial charge in [-0.15, -0.1) is 0 Å². The van der Waals surface area contributed by atoms with Gasteiger partial charge in [0, 0.05) is 11.6 Å². The maximum atomic E-state index is 3.82. The molecule has 1 nitrogen and oxygen atoms in total. The van der Waals surface area contributed by atoms with Crippen molar-refractivity contribution in [1.29, 1.82) is 0 Å². The Kier molecular flexibility index (Phi) is 4.43. The van der Waals surface area contributed by atoms with Gasteiger partial charge in [0.2, 0.25) is 0 Å². The summed E-state index contributed by atoms with van der Waals surface area (Å²) in [6, 6.07) is 0.693. The van der Waals surface area contributed by atoms with E-state index in [9.17, 15) is 0 Å². The lowest BCUT2D eigenvalue weighted by Crippen LogP contribution is -2.49. The highest BCUT2D eigenvalue weighted by Gasteiger charge is 2.29. The molecule has 1 fully saturated rings. The van der Waals surface area contributed by atoms with Gasteiger partial charge in [-0.05, 0) is 51.9 Å². The van der Waals surface area contributed by atoms with E-state index in [1.807, 2.05) is 0 Å². The van der Waals surface area contributed by atoms with Crippen LogP contribution in [0.25, 0.3) is 0 Å². The van der Waals surface area contributed by atoms with Crippen LogP contribution in [0, 0.1) is 5.92 Å². The number of rotatable bonds is 4. The van der Waals surface area contributed by atoms with Crippen molar-refractivity contribution >= 4 is 0 Å². The standard InChI is InChI=1S/C13H27N/c1-5-6-12(3)14-13(4)9-7-11(2)8-10-13/h11-12,14H,5-10H2,1-4H3. The monoisotopic (exact) mass is 197 g/mol. The summed E-state index contributed by atoms with van der Waals surface area (Å²) in [5, 5.41) is 3.82. The zero-order valence-electron chi connectivity index (χ0n) is 10.4. The second kappa shape index (κ2) is 5.16. The Morgan fingerprint density at radius 2 is 1.93 bits per heavy atom. The predicted molar refractivity (Wildman–Crippen MR) is 63.5 cm³/mol. The Morgan fingerprint density at radius 3 is 2.43 bits per heavy atom. The molecule has 0 aromatic rings. The fourth-order valence-electron chi connectivity index (χ4n) is 2.64. The second-order valence-electron chi connectivity index (χ2n) is 5.58. The molecule has 1 aliphatic carbocycles. The van der Waals surface area contributed by atoms with E-state index in [4.69, 9.17) is 0 Å². The molecule has 0 aliphatic heterocycles. The first-order valence-electron chi connectivity index (χ1n) is 6.33. The van der Waals surface area contributed by atoms with Crippen molar-refractivity contribution in [3.63, 3.8) is 0 Å². The van der Waals surface area contributed by atoms with Crippen molar-refractivity contribution in [2.75, 3.05) is 0 Å². The molecule has 1 rings (SSSR count). The minimum atomic E-state index is 0.432. The summed E-state index contributed by atoms with van der Waals surface area (Å²) in [6.45, 7) is 9.39. The van der Waals surface area contributed by atoms with Gasteiger partial charge >= 0.3 is 0 Å². The Bertz CT molecular complexity index is 157. The van der Waals surface area contributed by atoms with Gasteiger partial charge in [0.1, 0.15) is 0 Å². The largest absolute Gasteiger partial charge is 0.309 e. The van der Waals surface area contributed by atoms with Crippen molar-refractivity contribution in [2.24, 2.45) is 5.92 Å². The Hall–Kier alpha value is -0.0400. The lowest BCUT2D eigenvalue weighted by atomic mass is 9.78. The topological polar surface area (TPSA) is 12.0 Å². The third kappa shape index (κ3) is 3.61. The van der Waals surface area contributed by atoms with Crippen LogP contribution < -0.4 is 5.32 Å². The molecule has 1 aliphatic rings. The molecule has 0 radical (unpaired) electrons. The Morgan fingerprint density at radius 1 is 1.36 bits per heavy atom. The molecular formula is C13H27N. The van der Waals surface area contributed by atoms with Crippen LogP contribution in [0.15, 0.2) is 0 Å². The third-order valence-corrected chi connectivity index (χ3v) is 3.69. The summed E-state index contributed by atoms with van der Waals surface area (Å²) in [5.74, 6) is 0.950. The van der Waals surface area contributed by atoms with Gasteiger partial charge < -0.3 is 5.32 Å². The molecule has 0 spiro atoms. The lowest BCUT2D eigenvalue weighted by Gasteiger charge is -2.39. The van der Waals surface area contributed by atoms with Gasteiger partial charge in [-0.25, -0.2) is 0 Å². The SMILES string of the molecule is CCCC(C)NC1(C)CCC(C)CC1. The molecule has 0 amide bonds. The van der Waals surface area contributed by atoms with Crippen molar-refractivity contribution < 1.29 is 0 Å². The van der Waals surface area contributed by atoms with Crippen LogP contribution in [0.2, 0.25) is 0 Å². The van der Waals surface area contributed by atoms with E-state index in [1.165, 1.54) is 38.5 Å². The molecule has 0 heterocycles. The van der Waals surface area contributed by atoms with Crippen LogP contribution in [0.5, 0.6) is 0 Å². The molecule has 0 bridgehead atoms. The van der Waals surface area contributed by atoms with Gasteiger partial charge in [0.15, 0.2) is 0 Å². The van der Waals surface area contributed by atoms with Gasteiger partial charge in [0.05, 0.1) is 0 Å². The van der Waals surface area contributed by atoms with Crippen molar-refractivity contribution in [1.82, 2.24) is 5.32 Å². The van der Waals surface area contributed by atoms with E-state index in [-0.39, 0.29) is 0 Å². The quantitative estimate of drug-likeness (QED) is 0.724. The first kappa shape index (κ1) is 12.0.